The number of carbonyl (C=O) groups is 1. The summed E-state index contributed by atoms with van der Waals surface area (Å²) in [6, 6.07) is 3.82. The van der Waals surface area contributed by atoms with Crippen LogP contribution in [0.4, 0.5) is 11.4 Å². The zero-order chi connectivity index (χ0) is 13.9. The van der Waals surface area contributed by atoms with Gasteiger partial charge in [0.05, 0.1) is 4.92 Å². The molecule has 0 radical (unpaired) electrons. The molecule has 6 heteroatoms. The van der Waals surface area contributed by atoms with Gasteiger partial charge >= 0.3 is 5.97 Å². The van der Waals surface area contributed by atoms with Crippen molar-refractivity contribution in [2.45, 2.75) is 26.8 Å². The topological polar surface area (TPSA) is 92.5 Å². The number of nitrogens with zero attached hydrogens (tertiary/aromatic N) is 1. The Kier molecular flexibility index (Phi) is 4.25. The van der Waals surface area contributed by atoms with Gasteiger partial charge in [-0.3, -0.25) is 10.1 Å². The number of carboxylic acids is 1. The van der Waals surface area contributed by atoms with Crippen LogP contribution in [0.2, 0.25) is 0 Å². The highest BCUT2D eigenvalue weighted by Crippen LogP contribution is 2.23. The van der Waals surface area contributed by atoms with E-state index in [1.807, 2.05) is 0 Å². The molecule has 0 bridgehead atoms. The third-order valence-corrected chi connectivity index (χ3v) is 2.66. The quantitative estimate of drug-likeness (QED) is 0.620. The molecule has 0 heterocycles. The van der Waals surface area contributed by atoms with Crippen molar-refractivity contribution >= 4 is 17.3 Å². The average molecular weight is 252 g/mol. The molecule has 1 unspecified atom stereocenters. The number of benzene rings is 1. The van der Waals surface area contributed by atoms with E-state index >= 15 is 0 Å². The van der Waals surface area contributed by atoms with Crippen molar-refractivity contribution in [3.8, 4) is 0 Å². The van der Waals surface area contributed by atoms with Gasteiger partial charge in [-0.1, -0.05) is 19.9 Å². The summed E-state index contributed by atoms with van der Waals surface area (Å²) < 4.78 is 0. The molecule has 0 aliphatic carbocycles. The number of anilines is 1. The summed E-state index contributed by atoms with van der Waals surface area (Å²) in [7, 11) is 0. The summed E-state index contributed by atoms with van der Waals surface area (Å²) in [4.78, 5) is 21.3. The zero-order valence-electron chi connectivity index (χ0n) is 10.5. The van der Waals surface area contributed by atoms with E-state index in [4.69, 9.17) is 5.11 Å². The number of carboxylic acid groups (broad SMARTS) is 1. The maximum Gasteiger partial charge on any atom is 0.326 e. The fourth-order valence-electron chi connectivity index (χ4n) is 1.59. The number of nitrogens with one attached hydrogen (secondary N) is 1. The van der Waals surface area contributed by atoms with Crippen LogP contribution in [-0.4, -0.2) is 22.0 Å². The van der Waals surface area contributed by atoms with Crippen molar-refractivity contribution in [1.29, 1.82) is 0 Å². The first-order chi connectivity index (χ1) is 8.32. The summed E-state index contributed by atoms with van der Waals surface area (Å²) in [6.45, 7) is 5.18. The Hall–Kier alpha value is -2.11. The fourth-order valence-corrected chi connectivity index (χ4v) is 1.59. The molecule has 1 aromatic carbocycles. The van der Waals surface area contributed by atoms with Crippen molar-refractivity contribution in [2.24, 2.45) is 5.92 Å². The lowest BCUT2D eigenvalue weighted by Crippen LogP contribution is -2.34. The Labute approximate surface area is 105 Å². The minimum atomic E-state index is -0.978. The number of nitro benzene ring substituents is 1. The van der Waals surface area contributed by atoms with Crippen molar-refractivity contribution in [1.82, 2.24) is 0 Å². The lowest BCUT2D eigenvalue weighted by atomic mass is 10.0. The van der Waals surface area contributed by atoms with Gasteiger partial charge in [-0.05, 0) is 18.9 Å². The van der Waals surface area contributed by atoms with Crippen LogP contribution < -0.4 is 5.32 Å². The largest absolute Gasteiger partial charge is 0.480 e. The number of aryl methyl sites for hydroxylation is 1. The van der Waals surface area contributed by atoms with Gasteiger partial charge in [0.25, 0.3) is 5.69 Å². The molecule has 0 spiro atoms. The molecular formula is C12H16N2O4. The number of hydrogen-bond acceptors (Lipinski definition) is 4. The Morgan fingerprint density at radius 3 is 2.50 bits per heavy atom. The van der Waals surface area contributed by atoms with Gasteiger partial charge in [-0.15, -0.1) is 0 Å². The summed E-state index contributed by atoms with van der Waals surface area (Å²) in [5, 5.41) is 22.6. The normalized spacial score (nSPS) is 12.2. The van der Waals surface area contributed by atoms with Crippen LogP contribution in [0.25, 0.3) is 0 Å². The van der Waals surface area contributed by atoms with Gasteiger partial charge in [-0.25, -0.2) is 4.79 Å². The van der Waals surface area contributed by atoms with Crippen molar-refractivity contribution in [3.05, 3.63) is 33.9 Å². The Balaban J connectivity index is 3.01. The third kappa shape index (κ3) is 3.19. The molecule has 2 N–H and O–H groups in total. The Bertz CT molecular complexity index is 471. The number of rotatable bonds is 5. The second-order valence-electron chi connectivity index (χ2n) is 4.46. The fraction of sp³-hybridized carbons (Fsp3) is 0.417. The van der Waals surface area contributed by atoms with Crippen LogP contribution in [0.3, 0.4) is 0 Å². The molecule has 6 nitrogen and oxygen atoms in total. The Morgan fingerprint density at radius 1 is 1.44 bits per heavy atom. The van der Waals surface area contributed by atoms with Crippen molar-refractivity contribution in [2.75, 3.05) is 5.32 Å². The molecule has 1 aromatic rings. The van der Waals surface area contributed by atoms with E-state index in [1.165, 1.54) is 6.07 Å². The smallest absolute Gasteiger partial charge is 0.326 e. The summed E-state index contributed by atoms with van der Waals surface area (Å²) >= 11 is 0. The van der Waals surface area contributed by atoms with E-state index < -0.39 is 16.9 Å². The molecule has 0 amide bonds. The van der Waals surface area contributed by atoms with Crippen LogP contribution in [0.1, 0.15) is 19.4 Å². The maximum atomic E-state index is 11.0. The maximum absolute atomic E-state index is 11.0. The molecule has 0 aromatic heterocycles. The molecule has 98 valence electrons. The minimum absolute atomic E-state index is 0.0205. The number of nitro groups is 1. The van der Waals surface area contributed by atoms with Crippen LogP contribution >= 0.6 is 0 Å². The number of aliphatic carboxylic acids is 1. The third-order valence-electron chi connectivity index (χ3n) is 2.66. The number of hydrogen-bond donors (Lipinski definition) is 2. The Morgan fingerprint density at radius 2 is 2.06 bits per heavy atom. The van der Waals surface area contributed by atoms with Crippen LogP contribution in [0, 0.1) is 23.0 Å². The predicted octanol–water partition coefficient (Wildman–Crippen LogP) is 2.42. The molecule has 0 saturated heterocycles. The highest BCUT2D eigenvalue weighted by molar-refractivity contribution is 5.78. The molecular weight excluding hydrogens is 236 g/mol. The van der Waals surface area contributed by atoms with E-state index in [0.717, 1.165) is 0 Å². The van der Waals surface area contributed by atoms with Crippen LogP contribution in [-0.2, 0) is 4.79 Å². The molecule has 18 heavy (non-hydrogen) atoms. The summed E-state index contributed by atoms with van der Waals surface area (Å²) in [5.74, 6) is -1.10. The van der Waals surface area contributed by atoms with Crippen molar-refractivity contribution in [3.63, 3.8) is 0 Å². The van der Waals surface area contributed by atoms with Gasteiger partial charge in [0, 0.05) is 17.3 Å². The standard InChI is InChI=1S/C12H16N2O4/c1-7(2)11(12(15)16)13-9-5-4-8(3)10(6-9)14(17)18/h4-7,11,13H,1-3H3,(H,15,16). The second kappa shape index (κ2) is 5.48. The highest BCUT2D eigenvalue weighted by Gasteiger charge is 2.22. The van der Waals surface area contributed by atoms with Crippen LogP contribution in [0.5, 0.6) is 0 Å². The first-order valence-electron chi connectivity index (χ1n) is 5.57. The summed E-state index contributed by atoms with van der Waals surface area (Å²) in [6.07, 6.45) is 0. The SMILES string of the molecule is Cc1ccc(NC(C(=O)O)C(C)C)cc1[N+](=O)[O-]. The minimum Gasteiger partial charge on any atom is -0.480 e. The lowest BCUT2D eigenvalue weighted by molar-refractivity contribution is -0.385. The lowest BCUT2D eigenvalue weighted by Gasteiger charge is -2.19. The van der Waals surface area contributed by atoms with Gasteiger partial charge < -0.3 is 10.4 Å². The highest BCUT2D eigenvalue weighted by atomic mass is 16.6. The molecule has 1 atom stereocenters. The van der Waals surface area contributed by atoms with E-state index in [-0.39, 0.29) is 11.6 Å². The monoisotopic (exact) mass is 252 g/mol. The molecule has 1 rings (SSSR count). The predicted molar refractivity (Wildman–Crippen MR) is 67.7 cm³/mol. The molecule has 0 aliphatic heterocycles. The first kappa shape index (κ1) is 14.0. The molecule has 0 saturated carbocycles. The van der Waals surface area contributed by atoms with Gasteiger partial charge in [-0.2, -0.15) is 0 Å². The zero-order valence-corrected chi connectivity index (χ0v) is 10.5. The van der Waals surface area contributed by atoms with Gasteiger partial charge in [0.1, 0.15) is 6.04 Å². The average Bonchev–Trinajstić information content (AvgIpc) is 2.26. The molecule has 0 fully saturated rings. The van der Waals surface area contributed by atoms with E-state index in [1.54, 1.807) is 32.9 Å². The van der Waals surface area contributed by atoms with Gasteiger partial charge in [0.2, 0.25) is 0 Å². The van der Waals surface area contributed by atoms with E-state index in [0.29, 0.717) is 11.3 Å². The first-order valence-corrected chi connectivity index (χ1v) is 5.57. The summed E-state index contributed by atoms with van der Waals surface area (Å²) in [5.41, 5.74) is 0.961. The van der Waals surface area contributed by atoms with E-state index in [2.05, 4.69) is 5.32 Å². The van der Waals surface area contributed by atoms with Crippen molar-refractivity contribution < 1.29 is 14.8 Å². The molecule has 0 aliphatic rings. The van der Waals surface area contributed by atoms with Crippen LogP contribution in [0.15, 0.2) is 18.2 Å². The van der Waals surface area contributed by atoms with E-state index in [9.17, 15) is 14.9 Å². The second-order valence-corrected chi connectivity index (χ2v) is 4.46. The van der Waals surface area contributed by atoms with Gasteiger partial charge in [0.15, 0.2) is 0 Å².